The highest BCUT2D eigenvalue weighted by Gasteiger charge is 2.10. The number of rotatable bonds is 6. The van der Waals surface area contributed by atoms with Crippen LogP contribution in [0.2, 0.25) is 0 Å². The second kappa shape index (κ2) is 8.10. The van der Waals surface area contributed by atoms with Gasteiger partial charge in [0.15, 0.2) is 0 Å². The molecule has 3 aromatic rings. The Kier molecular flexibility index (Phi) is 5.63. The number of nitrogens with zero attached hydrogens (tertiary/aromatic N) is 1. The molecular formula is C20H20N2O3S. The first-order valence-corrected chi connectivity index (χ1v) is 9.10. The lowest BCUT2D eigenvalue weighted by molar-refractivity contribution is -0.113. The monoisotopic (exact) mass is 368 g/mol. The van der Waals surface area contributed by atoms with E-state index in [1.54, 1.807) is 32.4 Å². The highest BCUT2D eigenvalue weighted by Crippen LogP contribution is 2.29. The van der Waals surface area contributed by atoms with E-state index in [1.807, 2.05) is 24.3 Å². The molecule has 0 radical (unpaired) electrons. The van der Waals surface area contributed by atoms with Crippen LogP contribution in [0.5, 0.6) is 11.5 Å². The molecule has 0 saturated heterocycles. The zero-order valence-electron chi connectivity index (χ0n) is 14.9. The van der Waals surface area contributed by atoms with Gasteiger partial charge in [-0.1, -0.05) is 30.0 Å². The number of nitrogens with one attached hydrogen (secondary N) is 1. The number of pyridine rings is 1. The number of ether oxygens (including phenoxy) is 2. The van der Waals surface area contributed by atoms with Crippen molar-refractivity contribution in [3.8, 4) is 11.5 Å². The number of carbonyl (C=O) groups is 1. The maximum Gasteiger partial charge on any atom is 0.234 e. The van der Waals surface area contributed by atoms with Crippen molar-refractivity contribution in [2.24, 2.45) is 0 Å². The molecule has 134 valence electrons. The Bertz CT molecular complexity index is 943. The second-order valence-electron chi connectivity index (χ2n) is 5.70. The predicted octanol–water partition coefficient (Wildman–Crippen LogP) is 4.29. The van der Waals surface area contributed by atoms with E-state index in [4.69, 9.17) is 9.47 Å². The molecule has 3 rings (SSSR count). The van der Waals surface area contributed by atoms with E-state index in [-0.39, 0.29) is 11.7 Å². The zero-order chi connectivity index (χ0) is 18.5. The van der Waals surface area contributed by atoms with Crippen LogP contribution in [0.15, 0.2) is 53.6 Å². The van der Waals surface area contributed by atoms with Gasteiger partial charge in [-0.05, 0) is 36.8 Å². The molecule has 0 fully saturated rings. The van der Waals surface area contributed by atoms with Gasteiger partial charge in [-0.15, -0.1) is 0 Å². The Morgan fingerprint density at radius 1 is 1.12 bits per heavy atom. The fourth-order valence-electron chi connectivity index (χ4n) is 2.62. The summed E-state index contributed by atoms with van der Waals surface area (Å²) in [6, 6.07) is 15.3. The van der Waals surface area contributed by atoms with Gasteiger partial charge >= 0.3 is 0 Å². The summed E-state index contributed by atoms with van der Waals surface area (Å²) in [6.07, 6.45) is 0. The average Bonchev–Trinajstić information content (AvgIpc) is 2.66. The van der Waals surface area contributed by atoms with Crippen LogP contribution in [0.4, 0.5) is 5.69 Å². The SMILES string of the molecule is COc1ccc(NC(=O)CSc2cc(C)c3ccccc3n2)c(OC)c1. The quantitative estimate of drug-likeness (QED) is 0.658. The molecule has 0 spiro atoms. The number of hydrogen-bond donors (Lipinski definition) is 1. The number of hydrogen-bond acceptors (Lipinski definition) is 5. The van der Waals surface area contributed by atoms with Crippen molar-refractivity contribution in [3.05, 3.63) is 54.1 Å². The van der Waals surface area contributed by atoms with E-state index in [0.717, 1.165) is 21.5 Å². The van der Waals surface area contributed by atoms with Gasteiger partial charge in [-0.2, -0.15) is 0 Å². The minimum absolute atomic E-state index is 0.119. The van der Waals surface area contributed by atoms with Gasteiger partial charge in [-0.25, -0.2) is 4.98 Å². The van der Waals surface area contributed by atoms with Gasteiger partial charge < -0.3 is 14.8 Å². The van der Waals surface area contributed by atoms with Gasteiger partial charge in [0.05, 0.1) is 36.2 Å². The summed E-state index contributed by atoms with van der Waals surface area (Å²) < 4.78 is 10.5. The van der Waals surface area contributed by atoms with Crippen LogP contribution in [0.1, 0.15) is 5.56 Å². The van der Waals surface area contributed by atoms with E-state index in [9.17, 15) is 4.79 Å². The van der Waals surface area contributed by atoms with Gasteiger partial charge in [-0.3, -0.25) is 4.79 Å². The van der Waals surface area contributed by atoms with Crippen molar-refractivity contribution in [3.63, 3.8) is 0 Å². The Hall–Kier alpha value is -2.73. The zero-order valence-corrected chi connectivity index (χ0v) is 15.7. The molecule has 26 heavy (non-hydrogen) atoms. The van der Waals surface area contributed by atoms with E-state index in [0.29, 0.717) is 17.2 Å². The standard InChI is InChI=1S/C20H20N2O3S/c1-13-10-20(22-16-7-5-4-6-15(13)16)26-12-19(23)21-17-9-8-14(24-2)11-18(17)25-3/h4-11H,12H2,1-3H3,(H,21,23). The van der Waals surface area contributed by atoms with Crippen LogP contribution < -0.4 is 14.8 Å². The topological polar surface area (TPSA) is 60.5 Å². The lowest BCUT2D eigenvalue weighted by atomic mass is 10.1. The molecule has 1 aromatic heterocycles. The second-order valence-corrected chi connectivity index (χ2v) is 6.69. The molecule has 6 heteroatoms. The molecular weight excluding hydrogens is 348 g/mol. The highest BCUT2D eigenvalue weighted by atomic mass is 32.2. The van der Waals surface area contributed by atoms with Crippen LogP contribution in [0, 0.1) is 6.92 Å². The molecule has 2 aromatic carbocycles. The molecule has 0 aliphatic rings. The summed E-state index contributed by atoms with van der Waals surface area (Å²) in [5.41, 5.74) is 2.70. The van der Waals surface area contributed by atoms with E-state index >= 15 is 0 Å². The Morgan fingerprint density at radius 3 is 2.69 bits per heavy atom. The van der Waals surface area contributed by atoms with Crippen molar-refractivity contribution in [1.82, 2.24) is 4.98 Å². The Morgan fingerprint density at radius 2 is 1.92 bits per heavy atom. The maximum absolute atomic E-state index is 12.3. The molecule has 0 unspecified atom stereocenters. The number of fused-ring (bicyclic) bond motifs is 1. The Labute approximate surface area is 156 Å². The summed E-state index contributed by atoms with van der Waals surface area (Å²) in [5.74, 6) is 1.37. The van der Waals surface area contributed by atoms with Crippen LogP contribution in [0.25, 0.3) is 10.9 Å². The largest absolute Gasteiger partial charge is 0.497 e. The number of amides is 1. The van der Waals surface area contributed by atoms with E-state index in [1.165, 1.54) is 11.8 Å². The summed E-state index contributed by atoms with van der Waals surface area (Å²) in [7, 11) is 3.14. The summed E-state index contributed by atoms with van der Waals surface area (Å²) >= 11 is 1.41. The molecule has 5 nitrogen and oxygen atoms in total. The summed E-state index contributed by atoms with van der Waals surface area (Å²) in [4.78, 5) is 16.9. The van der Waals surface area contributed by atoms with Crippen LogP contribution in [0.3, 0.4) is 0 Å². The fourth-order valence-corrected chi connectivity index (χ4v) is 3.39. The Balaban J connectivity index is 1.68. The molecule has 0 saturated carbocycles. The van der Waals surface area contributed by atoms with Crippen LogP contribution in [-0.2, 0) is 4.79 Å². The fraction of sp³-hybridized carbons (Fsp3) is 0.200. The van der Waals surface area contributed by atoms with Crippen molar-refractivity contribution in [1.29, 1.82) is 0 Å². The molecule has 1 amide bonds. The molecule has 0 aliphatic carbocycles. The van der Waals surface area contributed by atoms with Crippen molar-refractivity contribution < 1.29 is 14.3 Å². The van der Waals surface area contributed by atoms with Crippen LogP contribution >= 0.6 is 11.8 Å². The van der Waals surface area contributed by atoms with Crippen molar-refractivity contribution in [2.45, 2.75) is 11.9 Å². The first-order chi connectivity index (χ1) is 12.6. The lowest BCUT2D eigenvalue weighted by Gasteiger charge is -2.11. The number of carbonyl (C=O) groups excluding carboxylic acids is 1. The number of aromatic nitrogens is 1. The predicted molar refractivity (Wildman–Crippen MR) is 105 cm³/mol. The number of para-hydroxylation sites is 1. The van der Waals surface area contributed by atoms with Gasteiger partial charge in [0.1, 0.15) is 11.5 Å². The van der Waals surface area contributed by atoms with Gasteiger partial charge in [0.2, 0.25) is 5.91 Å². The minimum Gasteiger partial charge on any atom is -0.497 e. The first kappa shape index (κ1) is 18.1. The smallest absolute Gasteiger partial charge is 0.234 e. The molecule has 0 atom stereocenters. The molecule has 0 bridgehead atoms. The maximum atomic E-state index is 12.3. The third kappa shape index (κ3) is 4.08. The first-order valence-electron chi connectivity index (χ1n) is 8.12. The van der Waals surface area contributed by atoms with E-state index in [2.05, 4.69) is 23.3 Å². The molecule has 1 heterocycles. The number of thioether (sulfide) groups is 1. The number of anilines is 1. The number of benzene rings is 2. The third-order valence-corrected chi connectivity index (χ3v) is 4.84. The van der Waals surface area contributed by atoms with Gasteiger partial charge in [0.25, 0.3) is 0 Å². The van der Waals surface area contributed by atoms with Gasteiger partial charge in [0, 0.05) is 11.5 Å². The van der Waals surface area contributed by atoms with Crippen molar-refractivity contribution in [2.75, 3.05) is 25.3 Å². The molecule has 0 aliphatic heterocycles. The number of aryl methyl sites for hydroxylation is 1. The third-order valence-electron chi connectivity index (χ3n) is 3.93. The average molecular weight is 368 g/mol. The molecule has 1 N–H and O–H groups in total. The highest BCUT2D eigenvalue weighted by molar-refractivity contribution is 7.99. The minimum atomic E-state index is -0.119. The summed E-state index contributed by atoms with van der Waals surface area (Å²) in [6.45, 7) is 2.05. The lowest BCUT2D eigenvalue weighted by Crippen LogP contribution is -2.14. The van der Waals surface area contributed by atoms with Crippen molar-refractivity contribution >= 4 is 34.3 Å². The number of methoxy groups -OCH3 is 2. The van der Waals surface area contributed by atoms with E-state index < -0.39 is 0 Å². The van der Waals surface area contributed by atoms with Crippen LogP contribution in [-0.4, -0.2) is 30.9 Å². The summed E-state index contributed by atoms with van der Waals surface area (Å²) in [5, 5.41) is 4.83. The normalized spacial score (nSPS) is 10.6.